The second-order valence-corrected chi connectivity index (χ2v) is 5.29. The Hall–Kier alpha value is -0.0700. The molecule has 0 aromatic rings. The van der Waals surface area contributed by atoms with Crippen LogP contribution < -0.4 is 0 Å². The first-order valence-electron chi connectivity index (χ1n) is 7.78. The van der Waals surface area contributed by atoms with E-state index in [9.17, 15) is 4.39 Å². The third-order valence-corrected chi connectivity index (χ3v) is 3.54. The van der Waals surface area contributed by atoms with Crippen LogP contribution in [0.3, 0.4) is 0 Å². The van der Waals surface area contributed by atoms with Gasteiger partial charge < -0.3 is 0 Å². The summed E-state index contributed by atoms with van der Waals surface area (Å²) in [5.41, 5.74) is 0. The summed E-state index contributed by atoms with van der Waals surface area (Å²) < 4.78 is 12.7. The van der Waals surface area contributed by atoms with Gasteiger partial charge in [0.1, 0.15) is 6.67 Å². The van der Waals surface area contributed by atoms with E-state index in [0.717, 1.165) is 19.5 Å². The third kappa shape index (κ3) is 12.2. The molecule has 1 heteroatoms. The second kappa shape index (κ2) is 14.0. The maximum absolute atomic E-state index is 12.7. The zero-order valence-corrected chi connectivity index (χ0v) is 12.0. The summed E-state index contributed by atoms with van der Waals surface area (Å²) >= 11 is 0. The normalized spacial score (nSPS) is 12.9. The highest BCUT2D eigenvalue weighted by Crippen LogP contribution is 2.21. The largest absolute Gasteiger partial charge is 0.244 e. The molecule has 1 radical (unpaired) electrons. The molecule has 0 aromatic carbocycles. The lowest BCUT2D eigenvalue weighted by molar-refractivity contribution is 0.375. The van der Waals surface area contributed by atoms with Crippen LogP contribution in [0.15, 0.2) is 0 Å². The molecule has 0 bridgehead atoms. The van der Waals surface area contributed by atoms with E-state index < -0.39 is 0 Å². The zero-order chi connectivity index (χ0) is 12.8. The maximum Gasteiger partial charge on any atom is 0.134 e. The van der Waals surface area contributed by atoms with Crippen LogP contribution >= 0.6 is 0 Å². The van der Waals surface area contributed by atoms with E-state index in [2.05, 4.69) is 13.8 Å². The maximum atomic E-state index is 12.7. The standard InChI is InChI=1S/C16H32F/c1-3-5-7-9-10-12-14-16(15-17)13-11-8-6-4-2/h15-16H,3-14H2,1-2H3. The summed E-state index contributed by atoms with van der Waals surface area (Å²) in [7, 11) is 0. The summed E-state index contributed by atoms with van der Waals surface area (Å²) in [6.45, 7) is 5.40. The van der Waals surface area contributed by atoms with Gasteiger partial charge in [-0.05, 0) is 18.8 Å². The molecule has 17 heavy (non-hydrogen) atoms. The molecule has 0 saturated heterocycles. The molecule has 0 spiro atoms. The molecule has 0 aliphatic carbocycles. The summed E-state index contributed by atoms with van der Waals surface area (Å²) in [6.07, 6.45) is 15.0. The van der Waals surface area contributed by atoms with E-state index in [0.29, 0.717) is 0 Å². The molecule has 0 rings (SSSR count). The van der Waals surface area contributed by atoms with Crippen molar-refractivity contribution in [1.82, 2.24) is 0 Å². The summed E-state index contributed by atoms with van der Waals surface area (Å²) in [5, 5.41) is 0. The summed E-state index contributed by atoms with van der Waals surface area (Å²) in [5.74, 6) is 0.234. The Kier molecular flexibility index (Phi) is 13.9. The first-order valence-corrected chi connectivity index (χ1v) is 7.78. The van der Waals surface area contributed by atoms with Gasteiger partial charge >= 0.3 is 0 Å². The fourth-order valence-corrected chi connectivity index (χ4v) is 2.29. The number of hydrogen-bond acceptors (Lipinski definition) is 0. The lowest BCUT2D eigenvalue weighted by atomic mass is 9.95. The molecular weight excluding hydrogens is 211 g/mol. The molecule has 1 unspecified atom stereocenters. The molecule has 0 fully saturated rings. The van der Waals surface area contributed by atoms with Gasteiger partial charge in [-0.25, -0.2) is 4.39 Å². The monoisotopic (exact) mass is 243 g/mol. The van der Waals surface area contributed by atoms with Gasteiger partial charge in [-0.1, -0.05) is 78.1 Å². The average molecular weight is 243 g/mol. The fraction of sp³-hybridized carbons (Fsp3) is 0.938. The average Bonchev–Trinajstić information content (AvgIpc) is 2.36. The quantitative estimate of drug-likeness (QED) is 0.326. The molecule has 0 nitrogen and oxygen atoms in total. The van der Waals surface area contributed by atoms with E-state index in [-0.39, 0.29) is 5.92 Å². The molecule has 103 valence electrons. The van der Waals surface area contributed by atoms with Crippen molar-refractivity contribution >= 4 is 0 Å². The predicted molar refractivity (Wildman–Crippen MR) is 75.7 cm³/mol. The molecule has 0 N–H and O–H groups in total. The van der Waals surface area contributed by atoms with Gasteiger partial charge in [-0.15, -0.1) is 0 Å². The Morgan fingerprint density at radius 2 is 1.12 bits per heavy atom. The Balaban J connectivity index is 3.28. The van der Waals surface area contributed by atoms with Gasteiger partial charge in [-0.2, -0.15) is 0 Å². The number of unbranched alkanes of at least 4 members (excludes halogenated alkanes) is 8. The Labute approximate surface area is 108 Å². The van der Waals surface area contributed by atoms with E-state index in [1.54, 1.807) is 0 Å². The van der Waals surface area contributed by atoms with Gasteiger partial charge in [0.05, 0.1) is 0 Å². The molecule has 0 aliphatic rings. The highest BCUT2D eigenvalue weighted by atomic mass is 19.1. The van der Waals surface area contributed by atoms with Crippen LogP contribution in [0.25, 0.3) is 0 Å². The molecular formula is C16H32F. The fourth-order valence-electron chi connectivity index (χ4n) is 2.29. The molecule has 0 amide bonds. The Morgan fingerprint density at radius 3 is 1.59 bits per heavy atom. The van der Waals surface area contributed by atoms with Crippen LogP contribution in [0.4, 0.5) is 4.39 Å². The highest BCUT2D eigenvalue weighted by Gasteiger charge is 2.08. The van der Waals surface area contributed by atoms with Crippen molar-refractivity contribution in [1.29, 1.82) is 0 Å². The zero-order valence-electron chi connectivity index (χ0n) is 12.0. The number of hydrogen-bond donors (Lipinski definition) is 0. The van der Waals surface area contributed by atoms with Crippen LogP contribution in [0.5, 0.6) is 0 Å². The summed E-state index contributed by atoms with van der Waals surface area (Å²) in [6, 6.07) is 0. The van der Waals surface area contributed by atoms with Crippen molar-refractivity contribution in [2.75, 3.05) is 0 Å². The van der Waals surface area contributed by atoms with Gasteiger partial charge in [-0.3, -0.25) is 0 Å². The Morgan fingerprint density at radius 1 is 0.706 bits per heavy atom. The minimum atomic E-state index is 0.234. The first kappa shape index (κ1) is 16.9. The van der Waals surface area contributed by atoms with Gasteiger partial charge in [0.25, 0.3) is 0 Å². The topological polar surface area (TPSA) is 0 Å². The van der Waals surface area contributed by atoms with Crippen LogP contribution in [0, 0.1) is 12.6 Å². The van der Waals surface area contributed by atoms with Crippen molar-refractivity contribution in [3.05, 3.63) is 6.67 Å². The van der Waals surface area contributed by atoms with Gasteiger partial charge in [0.15, 0.2) is 0 Å². The lowest BCUT2D eigenvalue weighted by Gasteiger charge is -2.12. The molecule has 0 aliphatic heterocycles. The van der Waals surface area contributed by atoms with Crippen LogP contribution in [0.2, 0.25) is 0 Å². The van der Waals surface area contributed by atoms with Crippen molar-refractivity contribution < 1.29 is 4.39 Å². The van der Waals surface area contributed by atoms with E-state index >= 15 is 0 Å². The van der Waals surface area contributed by atoms with E-state index in [4.69, 9.17) is 0 Å². The molecule has 0 aromatic heterocycles. The smallest absolute Gasteiger partial charge is 0.134 e. The van der Waals surface area contributed by atoms with Crippen LogP contribution in [0.1, 0.15) is 90.9 Å². The van der Waals surface area contributed by atoms with Crippen LogP contribution in [-0.4, -0.2) is 0 Å². The lowest BCUT2D eigenvalue weighted by Crippen LogP contribution is -1.99. The minimum Gasteiger partial charge on any atom is -0.244 e. The second-order valence-electron chi connectivity index (χ2n) is 5.29. The van der Waals surface area contributed by atoms with Crippen LogP contribution in [-0.2, 0) is 0 Å². The highest BCUT2D eigenvalue weighted by molar-refractivity contribution is 4.67. The third-order valence-electron chi connectivity index (χ3n) is 3.54. The van der Waals surface area contributed by atoms with E-state index in [1.807, 2.05) is 0 Å². The number of halogens is 1. The van der Waals surface area contributed by atoms with E-state index in [1.165, 1.54) is 64.2 Å². The predicted octanol–water partition coefficient (Wildman–Crippen LogP) is 6.45. The SMILES string of the molecule is CCCCCCCCC([CH]F)CCCCCC. The molecule has 0 saturated carbocycles. The Bertz CT molecular complexity index is 133. The molecule has 0 heterocycles. The van der Waals surface area contributed by atoms with Gasteiger partial charge in [0, 0.05) is 0 Å². The minimum absolute atomic E-state index is 0.234. The van der Waals surface area contributed by atoms with Gasteiger partial charge in [0.2, 0.25) is 0 Å². The van der Waals surface area contributed by atoms with Crippen molar-refractivity contribution in [2.45, 2.75) is 90.9 Å². The number of rotatable bonds is 13. The molecule has 1 atom stereocenters. The summed E-state index contributed by atoms with van der Waals surface area (Å²) in [4.78, 5) is 0. The first-order chi connectivity index (χ1) is 8.35. The van der Waals surface area contributed by atoms with Crippen molar-refractivity contribution in [3.63, 3.8) is 0 Å². The van der Waals surface area contributed by atoms with Crippen molar-refractivity contribution in [2.24, 2.45) is 5.92 Å². The van der Waals surface area contributed by atoms with Crippen molar-refractivity contribution in [3.8, 4) is 0 Å².